The summed E-state index contributed by atoms with van der Waals surface area (Å²) in [7, 11) is 0. The number of hydrogen-bond donors (Lipinski definition) is 3. The molecule has 0 unspecified atom stereocenters. The molecule has 0 bridgehead atoms. The molecule has 7 nitrogen and oxygen atoms in total. The van der Waals surface area contributed by atoms with E-state index in [2.05, 4.69) is 20.2 Å². The molecular weight excluding hydrogens is 306 g/mol. The Hall–Kier alpha value is -2.25. The van der Waals surface area contributed by atoms with E-state index in [1.54, 1.807) is 18.6 Å². The Bertz CT molecular complexity index is 718. The van der Waals surface area contributed by atoms with Crippen LogP contribution in [0.1, 0.15) is 19.3 Å². The highest BCUT2D eigenvalue weighted by Gasteiger charge is 2.36. The minimum absolute atomic E-state index is 0.0640. The Balaban J connectivity index is 1.67. The number of fused-ring (bicyclic) bond motifs is 1. The largest absolute Gasteiger partial charge is 0.386 e. The number of hydrogen-bond acceptors (Lipinski definition) is 6. The maximum absolute atomic E-state index is 11.7. The third-order valence-electron chi connectivity index (χ3n) is 4.42. The van der Waals surface area contributed by atoms with Crippen LogP contribution in [-0.2, 0) is 4.79 Å². The van der Waals surface area contributed by atoms with E-state index in [0.29, 0.717) is 32.4 Å². The predicted octanol–water partition coefficient (Wildman–Crippen LogP) is 0.426. The molecule has 128 valence electrons. The summed E-state index contributed by atoms with van der Waals surface area (Å²) >= 11 is 0. The molecule has 0 aliphatic carbocycles. The molecule has 1 fully saturated rings. The summed E-state index contributed by atoms with van der Waals surface area (Å²) in [5, 5.41) is 14.5. The SMILES string of the molecule is NCCCC(=O)NC[C@]1(O)CCN(c2ccnc3ccncc23)C1. The number of carbonyl (C=O) groups excluding carboxylic acids is 1. The first-order valence-electron chi connectivity index (χ1n) is 8.24. The molecule has 2 aromatic heterocycles. The molecule has 0 radical (unpaired) electrons. The number of aliphatic hydroxyl groups is 1. The van der Waals surface area contributed by atoms with Gasteiger partial charge in [-0.1, -0.05) is 0 Å². The molecule has 1 amide bonds. The number of nitrogens with one attached hydrogen (secondary N) is 1. The lowest BCUT2D eigenvalue weighted by molar-refractivity contribution is -0.122. The number of nitrogens with two attached hydrogens (primary N) is 1. The minimum Gasteiger partial charge on any atom is -0.386 e. The van der Waals surface area contributed by atoms with Crippen LogP contribution < -0.4 is 16.0 Å². The third kappa shape index (κ3) is 3.63. The highest BCUT2D eigenvalue weighted by Crippen LogP contribution is 2.30. The van der Waals surface area contributed by atoms with Crippen LogP contribution in [0, 0.1) is 0 Å². The average Bonchev–Trinajstić information content (AvgIpc) is 3.00. The van der Waals surface area contributed by atoms with Crippen molar-refractivity contribution in [3.8, 4) is 0 Å². The van der Waals surface area contributed by atoms with Gasteiger partial charge in [-0.2, -0.15) is 0 Å². The number of amides is 1. The molecule has 7 heteroatoms. The van der Waals surface area contributed by atoms with Crippen LogP contribution in [0.25, 0.3) is 10.9 Å². The summed E-state index contributed by atoms with van der Waals surface area (Å²) in [4.78, 5) is 22.4. The first-order chi connectivity index (χ1) is 11.6. The molecule has 0 spiro atoms. The first kappa shape index (κ1) is 16.6. The second kappa shape index (κ2) is 7.11. The fourth-order valence-electron chi connectivity index (χ4n) is 3.07. The van der Waals surface area contributed by atoms with Gasteiger partial charge >= 0.3 is 0 Å². The molecule has 1 aliphatic heterocycles. The van der Waals surface area contributed by atoms with Gasteiger partial charge in [0.2, 0.25) is 5.91 Å². The molecule has 2 aromatic rings. The number of carbonyl (C=O) groups is 1. The fourth-order valence-corrected chi connectivity index (χ4v) is 3.07. The third-order valence-corrected chi connectivity index (χ3v) is 4.42. The normalized spacial score (nSPS) is 20.5. The molecule has 4 N–H and O–H groups in total. The molecule has 3 heterocycles. The summed E-state index contributed by atoms with van der Waals surface area (Å²) in [6, 6.07) is 3.81. The maximum atomic E-state index is 11.7. The Labute approximate surface area is 140 Å². The van der Waals surface area contributed by atoms with E-state index >= 15 is 0 Å². The highest BCUT2D eigenvalue weighted by molar-refractivity contribution is 5.90. The van der Waals surface area contributed by atoms with Gasteiger partial charge in [-0.25, -0.2) is 0 Å². The van der Waals surface area contributed by atoms with E-state index in [4.69, 9.17) is 5.73 Å². The topological polar surface area (TPSA) is 104 Å². The smallest absolute Gasteiger partial charge is 0.220 e. The number of nitrogens with zero attached hydrogens (tertiary/aromatic N) is 3. The fraction of sp³-hybridized carbons (Fsp3) is 0.471. The summed E-state index contributed by atoms with van der Waals surface area (Å²) in [6.07, 6.45) is 6.95. The van der Waals surface area contributed by atoms with Gasteiger partial charge in [-0.3, -0.25) is 14.8 Å². The quantitative estimate of drug-likeness (QED) is 0.710. The molecule has 3 rings (SSSR count). The summed E-state index contributed by atoms with van der Waals surface area (Å²) in [5.41, 5.74) is 6.38. The number of β-amino-alcohol motifs (C(OH)–C–C–N with tert-alkyl or cyclic N) is 1. The maximum Gasteiger partial charge on any atom is 0.220 e. The van der Waals surface area contributed by atoms with E-state index < -0.39 is 5.60 Å². The molecule has 0 aromatic carbocycles. The number of pyridine rings is 2. The summed E-state index contributed by atoms with van der Waals surface area (Å²) < 4.78 is 0. The summed E-state index contributed by atoms with van der Waals surface area (Å²) in [5.74, 6) is -0.0640. The average molecular weight is 329 g/mol. The van der Waals surface area contributed by atoms with E-state index in [1.165, 1.54) is 0 Å². The number of anilines is 1. The van der Waals surface area contributed by atoms with E-state index in [-0.39, 0.29) is 12.5 Å². The van der Waals surface area contributed by atoms with Crippen molar-refractivity contribution in [1.29, 1.82) is 0 Å². The number of aromatic nitrogens is 2. The van der Waals surface area contributed by atoms with Crippen LogP contribution >= 0.6 is 0 Å². The van der Waals surface area contributed by atoms with Gasteiger partial charge in [0.15, 0.2) is 0 Å². The Morgan fingerprint density at radius 1 is 1.42 bits per heavy atom. The van der Waals surface area contributed by atoms with E-state index in [1.807, 2.05) is 12.1 Å². The van der Waals surface area contributed by atoms with Crippen molar-refractivity contribution in [1.82, 2.24) is 15.3 Å². The van der Waals surface area contributed by atoms with Crippen LogP contribution in [0.3, 0.4) is 0 Å². The molecule has 1 atom stereocenters. The van der Waals surface area contributed by atoms with Crippen molar-refractivity contribution in [3.63, 3.8) is 0 Å². The van der Waals surface area contributed by atoms with Gasteiger partial charge in [-0.15, -0.1) is 0 Å². The van der Waals surface area contributed by atoms with Crippen molar-refractivity contribution in [2.45, 2.75) is 24.9 Å². The van der Waals surface area contributed by atoms with Crippen molar-refractivity contribution in [2.75, 3.05) is 31.1 Å². The van der Waals surface area contributed by atoms with Crippen LogP contribution in [0.2, 0.25) is 0 Å². The van der Waals surface area contributed by atoms with Gasteiger partial charge in [0.05, 0.1) is 5.52 Å². The lowest BCUT2D eigenvalue weighted by atomic mass is 10.0. The molecule has 24 heavy (non-hydrogen) atoms. The van der Waals surface area contributed by atoms with Crippen molar-refractivity contribution >= 4 is 22.5 Å². The second-order valence-electron chi connectivity index (χ2n) is 6.29. The van der Waals surface area contributed by atoms with Gasteiger partial charge < -0.3 is 21.1 Å². The second-order valence-corrected chi connectivity index (χ2v) is 6.29. The Kier molecular flexibility index (Phi) is 4.92. The first-order valence-corrected chi connectivity index (χ1v) is 8.24. The lowest BCUT2D eigenvalue weighted by Crippen LogP contribution is -2.45. The minimum atomic E-state index is -0.920. The standard InChI is InChI=1S/C17H23N5O2/c18-6-1-2-16(23)21-11-17(24)5-9-22(12-17)15-4-8-20-14-3-7-19-10-13(14)15/h3-4,7-8,10,24H,1-2,5-6,9,11-12,18H2,(H,21,23)/t17-/m1/s1. The van der Waals surface area contributed by atoms with E-state index in [9.17, 15) is 9.90 Å². The molecule has 0 saturated carbocycles. The zero-order valence-corrected chi connectivity index (χ0v) is 13.6. The van der Waals surface area contributed by atoms with E-state index in [0.717, 1.165) is 23.1 Å². The highest BCUT2D eigenvalue weighted by atomic mass is 16.3. The van der Waals surface area contributed by atoms with Crippen molar-refractivity contribution in [2.24, 2.45) is 5.73 Å². The monoisotopic (exact) mass is 329 g/mol. The van der Waals surface area contributed by atoms with Gasteiger partial charge in [0, 0.05) is 55.7 Å². The van der Waals surface area contributed by atoms with Gasteiger partial charge in [-0.05, 0) is 31.5 Å². The lowest BCUT2D eigenvalue weighted by Gasteiger charge is -2.25. The zero-order valence-electron chi connectivity index (χ0n) is 13.6. The van der Waals surface area contributed by atoms with Crippen LogP contribution in [0.4, 0.5) is 5.69 Å². The summed E-state index contributed by atoms with van der Waals surface area (Å²) in [6.45, 7) is 1.95. The Morgan fingerprint density at radius 3 is 3.12 bits per heavy atom. The Morgan fingerprint density at radius 2 is 2.29 bits per heavy atom. The molecular formula is C17H23N5O2. The van der Waals surface area contributed by atoms with Crippen molar-refractivity contribution in [3.05, 3.63) is 30.7 Å². The zero-order chi connectivity index (χ0) is 17.0. The number of rotatable bonds is 6. The van der Waals surface area contributed by atoms with Gasteiger partial charge in [0.25, 0.3) is 0 Å². The molecule has 1 aliphatic rings. The van der Waals surface area contributed by atoms with Crippen LogP contribution in [-0.4, -0.2) is 52.8 Å². The van der Waals surface area contributed by atoms with Gasteiger partial charge in [0.1, 0.15) is 5.60 Å². The van der Waals surface area contributed by atoms with Crippen molar-refractivity contribution < 1.29 is 9.90 Å². The predicted molar refractivity (Wildman–Crippen MR) is 92.6 cm³/mol. The van der Waals surface area contributed by atoms with Crippen LogP contribution in [0.5, 0.6) is 0 Å². The molecule has 1 saturated heterocycles. The van der Waals surface area contributed by atoms with Crippen LogP contribution in [0.15, 0.2) is 30.7 Å².